The van der Waals surface area contributed by atoms with E-state index in [-0.39, 0.29) is 11.5 Å². The number of aliphatic imine (C=N–C) groups is 1. The van der Waals surface area contributed by atoms with Crippen molar-refractivity contribution in [2.45, 2.75) is 25.3 Å². The summed E-state index contributed by atoms with van der Waals surface area (Å²) < 4.78 is 6.30. The van der Waals surface area contributed by atoms with Crippen LogP contribution in [0.1, 0.15) is 47.7 Å². The maximum Gasteiger partial charge on any atom is 0.136 e. The molecule has 0 fully saturated rings. The first-order chi connectivity index (χ1) is 24.5. The second-order valence-electron chi connectivity index (χ2n) is 13.7. The third kappa shape index (κ3) is 4.85. The molecule has 0 saturated heterocycles. The molecule has 0 bridgehead atoms. The number of rotatable bonds is 6. The van der Waals surface area contributed by atoms with Crippen LogP contribution < -0.4 is 5.73 Å². The standard InChI is InChI=1S/C47H36N2O/c1-47(2)39-23-12-18-30(44(39)38-28-32-16-6-7-17-33(32)29-40(38)47)26-27-41(49-46(48)31-14-4-3-5-15-31)35-20-9-8-19-34(35)36-22-13-25-43-45(36)37-21-10-11-24-42(37)50-43/h3-29,41H,1-2H3,(H2,48,49)/b27-26+. The Morgan fingerprint density at radius 3 is 2.18 bits per heavy atom. The Morgan fingerprint density at radius 2 is 1.32 bits per heavy atom. The summed E-state index contributed by atoms with van der Waals surface area (Å²) in [6.07, 6.45) is 4.46. The molecule has 0 aliphatic heterocycles. The Hall–Kier alpha value is -6.19. The van der Waals surface area contributed by atoms with Gasteiger partial charge in [0.1, 0.15) is 17.0 Å². The zero-order valence-corrected chi connectivity index (χ0v) is 28.1. The van der Waals surface area contributed by atoms with E-state index in [1.807, 2.05) is 48.5 Å². The lowest BCUT2D eigenvalue weighted by molar-refractivity contribution is 0.661. The molecule has 3 nitrogen and oxygen atoms in total. The van der Waals surface area contributed by atoms with Gasteiger partial charge in [-0.1, -0.05) is 153 Å². The van der Waals surface area contributed by atoms with Crippen molar-refractivity contribution >= 4 is 44.6 Å². The van der Waals surface area contributed by atoms with Gasteiger partial charge in [0.05, 0.1) is 6.04 Å². The highest BCUT2D eigenvalue weighted by Crippen LogP contribution is 2.51. The van der Waals surface area contributed by atoms with Gasteiger partial charge in [-0.25, -0.2) is 0 Å². The number of hydrogen-bond donors (Lipinski definition) is 1. The molecule has 1 unspecified atom stereocenters. The smallest absolute Gasteiger partial charge is 0.136 e. The number of nitrogens with two attached hydrogens (primary N) is 1. The molecule has 240 valence electrons. The first-order valence-electron chi connectivity index (χ1n) is 17.2. The van der Waals surface area contributed by atoms with E-state index >= 15 is 0 Å². The van der Waals surface area contributed by atoms with Crippen LogP contribution in [-0.2, 0) is 5.41 Å². The van der Waals surface area contributed by atoms with Gasteiger partial charge < -0.3 is 10.2 Å². The lowest BCUT2D eigenvalue weighted by atomic mass is 9.81. The van der Waals surface area contributed by atoms with Crippen LogP contribution in [-0.4, -0.2) is 5.84 Å². The summed E-state index contributed by atoms with van der Waals surface area (Å²) in [6, 6.07) is 52.8. The minimum Gasteiger partial charge on any atom is -0.456 e. The van der Waals surface area contributed by atoms with Crippen molar-refractivity contribution in [2.24, 2.45) is 10.7 Å². The van der Waals surface area contributed by atoms with Crippen molar-refractivity contribution in [3.63, 3.8) is 0 Å². The van der Waals surface area contributed by atoms with Crippen molar-refractivity contribution < 1.29 is 4.42 Å². The first kappa shape index (κ1) is 29.9. The van der Waals surface area contributed by atoms with Gasteiger partial charge in [0.25, 0.3) is 0 Å². The summed E-state index contributed by atoms with van der Waals surface area (Å²) in [7, 11) is 0. The minimum absolute atomic E-state index is 0.119. The molecule has 50 heavy (non-hydrogen) atoms. The second-order valence-corrected chi connectivity index (χ2v) is 13.7. The average Bonchev–Trinajstić information content (AvgIpc) is 3.65. The van der Waals surface area contributed by atoms with Crippen molar-refractivity contribution in [1.29, 1.82) is 0 Å². The molecule has 0 saturated carbocycles. The molecule has 3 heteroatoms. The van der Waals surface area contributed by atoms with Gasteiger partial charge in [-0.2, -0.15) is 0 Å². The van der Waals surface area contributed by atoms with Crippen LogP contribution in [0.25, 0.3) is 61.0 Å². The molecule has 1 aliphatic carbocycles. The van der Waals surface area contributed by atoms with Gasteiger partial charge in [-0.3, -0.25) is 4.99 Å². The van der Waals surface area contributed by atoms with Crippen molar-refractivity contribution in [1.82, 2.24) is 0 Å². The fourth-order valence-corrected chi connectivity index (χ4v) is 7.88. The molecule has 7 aromatic carbocycles. The highest BCUT2D eigenvalue weighted by atomic mass is 16.3. The van der Waals surface area contributed by atoms with Crippen molar-refractivity contribution in [3.05, 3.63) is 186 Å². The number of fused-ring (bicyclic) bond motifs is 7. The highest BCUT2D eigenvalue weighted by Gasteiger charge is 2.36. The Bertz CT molecular complexity index is 2640. The van der Waals surface area contributed by atoms with Crippen LogP contribution in [0.15, 0.2) is 167 Å². The summed E-state index contributed by atoms with van der Waals surface area (Å²) in [4.78, 5) is 5.24. The number of furan rings is 1. The first-order valence-corrected chi connectivity index (χ1v) is 17.2. The van der Waals surface area contributed by atoms with Crippen LogP contribution in [0.5, 0.6) is 0 Å². The summed E-state index contributed by atoms with van der Waals surface area (Å²) in [5, 5.41) is 4.72. The largest absolute Gasteiger partial charge is 0.456 e. The highest BCUT2D eigenvalue weighted by molar-refractivity contribution is 6.12. The average molecular weight is 645 g/mol. The van der Waals surface area contributed by atoms with E-state index in [1.54, 1.807) is 0 Å². The van der Waals surface area contributed by atoms with Gasteiger partial charge in [0.15, 0.2) is 0 Å². The van der Waals surface area contributed by atoms with E-state index in [4.69, 9.17) is 15.1 Å². The number of hydrogen-bond acceptors (Lipinski definition) is 2. The zero-order valence-electron chi connectivity index (χ0n) is 28.1. The van der Waals surface area contributed by atoms with Gasteiger partial charge in [-0.15, -0.1) is 0 Å². The Labute approximate surface area is 292 Å². The van der Waals surface area contributed by atoms with E-state index in [9.17, 15) is 0 Å². The number of benzene rings is 7. The van der Waals surface area contributed by atoms with Crippen LogP contribution in [0.4, 0.5) is 0 Å². The van der Waals surface area contributed by atoms with Crippen molar-refractivity contribution in [3.8, 4) is 22.3 Å². The molecule has 0 amide bonds. The molecular weight excluding hydrogens is 609 g/mol. The number of nitrogens with zero attached hydrogens (tertiary/aromatic N) is 1. The summed E-state index contributed by atoms with van der Waals surface area (Å²) in [6.45, 7) is 4.67. The third-order valence-electron chi connectivity index (χ3n) is 10.4. The van der Waals surface area contributed by atoms with Gasteiger partial charge >= 0.3 is 0 Å². The van der Waals surface area contributed by atoms with Gasteiger partial charge in [-0.05, 0) is 79.5 Å². The molecule has 2 N–H and O–H groups in total. The SMILES string of the molecule is CC1(C)c2cc3ccccc3cc2-c2c(/C=C/C(N=C(N)c3ccccc3)c3ccccc3-c3cccc4oc5ccccc5c34)cccc21. The normalized spacial score (nSPS) is 14.4. The van der Waals surface area contributed by atoms with E-state index in [0.29, 0.717) is 5.84 Å². The fourth-order valence-electron chi connectivity index (χ4n) is 7.88. The summed E-state index contributed by atoms with van der Waals surface area (Å²) in [5.74, 6) is 0.498. The Kier molecular flexibility index (Phi) is 7.03. The molecule has 1 aliphatic rings. The van der Waals surface area contributed by atoms with Gasteiger partial charge in [0.2, 0.25) is 0 Å². The quantitative estimate of drug-likeness (QED) is 0.145. The van der Waals surface area contributed by atoms with Crippen LogP contribution >= 0.6 is 0 Å². The van der Waals surface area contributed by atoms with Crippen LogP contribution in [0.3, 0.4) is 0 Å². The predicted molar refractivity (Wildman–Crippen MR) is 210 cm³/mol. The van der Waals surface area contributed by atoms with Gasteiger partial charge in [0, 0.05) is 21.8 Å². The lowest BCUT2D eigenvalue weighted by Gasteiger charge is -2.22. The van der Waals surface area contributed by atoms with Crippen LogP contribution in [0.2, 0.25) is 0 Å². The third-order valence-corrected chi connectivity index (χ3v) is 10.4. The maximum absolute atomic E-state index is 6.78. The number of para-hydroxylation sites is 1. The molecule has 9 rings (SSSR count). The topological polar surface area (TPSA) is 51.5 Å². The molecule has 0 spiro atoms. The number of amidine groups is 1. The minimum atomic E-state index is -0.360. The fraction of sp³-hybridized carbons (Fsp3) is 0.0851. The molecule has 1 atom stereocenters. The second kappa shape index (κ2) is 11.7. The molecule has 1 heterocycles. The molecule has 8 aromatic rings. The summed E-state index contributed by atoms with van der Waals surface area (Å²) in [5.41, 5.74) is 19.0. The predicted octanol–water partition coefficient (Wildman–Crippen LogP) is 11.9. The Morgan fingerprint density at radius 1 is 0.640 bits per heavy atom. The summed E-state index contributed by atoms with van der Waals surface area (Å²) >= 11 is 0. The molecular formula is C47H36N2O. The van der Waals surface area contributed by atoms with E-state index in [0.717, 1.165) is 44.2 Å². The molecule has 1 aromatic heterocycles. The van der Waals surface area contributed by atoms with E-state index in [2.05, 4.69) is 129 Å². The van der Waals surface area contributed by atoms with E-state index in [1.165, 1.54) is 38.6 Å². The monoisotopic (exact) mass is 644 g/mol. The van der Waals surface area contributed by atoms with Crippen LogP contribution in [0, 0.1) is 0 Å². The van der Waals surface area contributed by atoms with E-state index < -0.39 is 0 Å². The molecule has 0 radical (unpaired) electrons. The Balaban J connectivity index is 1.23. The lowest BCUT2D eigenvalue weighted by Crippen LogP contribution is -2.15. The zero-order chi connectivity index (χ0) is 33.8. The van der Waals surface area contributed by atoms with Crippen molar-refractivity contribution in [2.75, 3.05) is 0 Å². The maximum atomic E-state index is 6.78.